The van der Waals surface area contributed by atoms with Crippen molar-refractivity contribution in [2.75, 3.05) is 6.54 Å². The van der Waals surface area contributed by atoms with Crippen LogP contribution >= 0.6 is 0 Å². The van der Waals surface area contributed by atoms with Gasteiger partial charge in [0.25, 0.3) is 0 Å². The van der Waals surface area contributed by atoms with Crippen LogP contribution in [0.2, 0.25) is 0 Å². The van der Waals surface area contributed by atoms with E-state index in [-0.39, 0.29) is 17.9 Å². The van der Waals surface area contributed by atoms with Crippen LogP contribution in [0.3, 0.4) is 0 Å². The van der Waals surface area contributed by atoms with E-state index in [4.69, 9.17) is 0 Å². The van der Waals surface area contributed by atoms with Gasteiger partial charge in [-0.3, -0.25) is 9.59 Å². The highest BCUT2D eigenvalue weighted by molar-refractivity contribution is 5.92. The van der Waals surface area contributed by atoms with Crippen LogP contribution in [0, 0.1) is 0 Å². The van der Waals surface area contributed by atoms with Crippen molar-refractivity contribution in [2.24, 2.45) is 0 Å². The quantitative estimate of drug-likeness (QED) is 0.367. The predicted octanol–water partition coefficient (Wildman–Crippen LogP) is 4.27. The van der Waals surface area contributed by atoms with Gasteiger partial charge in [-0.05, 0) is 33.1 Å². The topological polar surface area (TPSA) is 58.2 Å². The highest BCUT2D eigenvalue weighted by atomic mass is 16.2. The Morgan fingerprint density at radius 2 is 1.33 bits per heavy atom. The third-order valence-electron chi connectivity index (χ3n) is 4.12. The Kier molecular flexibility index (Phi) is 12.9. The first-order valence-electron chi connectivity index (χ1n) is 9.28. The summed E-state index contributed by atoms with van der Waals surface area (Å²) in [5.74, 6) is -0.0696. The van der Waals surface area contributed by atoms with Crippen molar-refractivity contribution < 1.29 is 9.59 Å². The second-order valence-electron chi connectivity index (χ2n) is 6.66. The van der Waals surface area contributed by atoms with Gasteiger partial charge >= 0.3 is 0 Å². The van der Waals surface area contributed by atoms with Crippen molar-refractivity contribution in [1.29, 1.82) is 0 Å². The van der Waals surface area contributed by atoms with Crippen molar-refractivity contribution in [2.45, 2.75) is 84.6 Å². The Hall–Kier alpha value is -1.58. The van der Waals surface area contributed by atoms with Crippen molar-refractivity contribution >= 4 is 11.8 Å². The molecule has 0 aliphatic carbocycles. The molecule has 4 nitrogen and oxygen atoms in total. The molecule has 0 aliphatic rings. The smallest absolute Gasteiger partial charge is 0.246 e. The lowest BCUT2D eigenvalue weighted by Gasteiger charge is -2.16. The van der Waals surface area contributed by atoms with Gasteiger partial charge in [0.05, 0.1) is 0 Å². The molecule has 0 aromatic heterocycles. The first-order valence-corrected chi connectivity index (χ1v) is 9.28. The molecule has 0 saturated carbocycles. The zero-order chi connectivity index (χ0) is 18.4. The monoisotopic (exact) mass is 336 g/mol. The van der Waals surface area contributed by atoms with E-state index in [1.165, 1.54) is 25.7 Å². The molecule has 0 fully saturated rings. The van der Waals surface area contributed by atoms with E-state index in [0.29, 0.717) is 11.1 Å². The van der Waals surface area contributed by atoms with Crippen molar-refractivity contribution in [3.05, 3.63) is 24.3 Å². The number of hydrogen-bond donors (Lipinski definition) is 2. The predicted molar refractivity (Wildman–Crippen MR) is 102 cm³/mol. The summed E-state index contributed by atoms with van der Waals surface area (Å²) in [5, 5.41) is 5.89. The molecular formula is C20H36N2O2. The van der Waals surface area contributed by atoms with Crippen LogP contribution in [0.25, 0.3) is 0 Å². The van der Waals surface area contributed by atoms with Crippen LogP contribution in [0.4, 0.5) is 0 Å². The molecule has 138 valence electrons. The molecule has 4 heteroatoms. The molecule has 0 spiro atoms. The highest BCUT2D eigenvalue weighted by Gasteiger charge is 2.10. The fourth-order valence-corrected chi connectivity index (χ4v) is 2.44. The molecule has 0 aromatic carbocycles. The minimum Gasteiger partial charge on any atom is -0.352 e. The van der Waals surface area contributed by atoms with Gasteiger partial charge in [0.1, 0.15) is 0 Å². The summed E-state index contributed by atoms with van der Waals surface area (Å²) in [4.78, 5) is 22.9. The number of rotatable bonds is 14. The van der Waals surface area contributed by atoms with Gasteiger partial charge in [-0.1, -0.05) is 58.6 Å². The number of carbonyl (C=O) groups excluding carboxylic acids is 2. The van der Waals surface area contributed by atoms with Crippen LogP contribution in [-0.2, 0) is 9.59 Å². The molecule has 0 bridgehead atoms. The normalized spacial score (nSPS) is 11.6. The molecular weight excluding hydrogens is 300 g/mol. The summed E-state index contributed by atoms with van der Waals surface area (Å²) in [7, 11) is 0. The lowest BCUT2D eigenvalue weighted by molar-refractivity contribution is -0.118. The molecule has 24 heavy (non-hydrogen) atoms. The number of nitrogens with one attached hydrogen (secondary N) is 2. The van der Waals surface area contributed by atoms with E-state index in [0.717, 1.165) is 38.6 Å². The summed E-state index contributed by atoms with van der Waals surface area (Å²) in [6, 6.07) is 0.270. The maximum absolute atomic E-state index is 11.6. The van der Waals surface area contributed by atoms with Crippen molar-refractivity contribution in [3.63, 3.8) is 0 Å². The Morgan fingerprint density at radius 3 is 1.83 bits per heavy atom. The van der Waals surface area contributed by atoms with E-state index in [9.17, 15) is 9.59 Å². The van der Waals surface area contributed by atoms with E-state index in [1.807, 2.05) is 0 Å². The zero-order valence-corrected chi connectivity index (χ0v) is 15.9. The Balaban J connectivity index is 3.49. The zero-order valence-electron chi connectivity index (χ0n) is 15.9. The van der Waals surface area contributed by atoms with E-state index >= 15 is 0 Å². The van der Waals surface area contributed by atoms with Crippen LogP contribution in [0.1, 0.15) is 78.6 Å². The summed E-state index contributed by atoms with van der Waals surface area (Å²) < 4.78 is 0. The van der Waals surface area contributed by atoms with Gasteiger partial charge in [-0.15, -0.1) is 0 Å². The second-order valence-corrected chi connectivity index (χ2v) is 6.66. The SMILES string of the molecule is C=C(C)C(=O)NCCCCCCCCCC(CC)NC(=O)C(=C)C. The van der Waals surface area contributed by atoms with Gasteiger partial charge in [0, 0.05) is 23.7 Å². The number of unbranched alkanes of at least 4 members (excludes halogenated alkanes) is 6. The highest BCUT2D eigenvalue weighted by Crippen LogP contribution is 2.11. The van der Waals surface area contributed by atoms with Gasteiger partial charge in [0.15, 0.2) is 0 Å². The van der Waals surface area contributed by atoms with Gasteiger partial charge < -0.3 is 10.6 Å². The molecule has 2 amide bonds. The third kappa shape index (κ3) is 11.9. The van der Waals surface area contributed by atoms with E-state index in [1.54, 1.807) is 13.8 Å². The maximum Gasteiger partial charge on any atom is 0.246 e. The Morgan fingerprint density at radius 1 is 0.833 bits per heavy atom. The molecule has 1 unspecified atom stereocenters. The molecule has 0 heterocycles. The number of hydrogen-bond acceptors (Lipinski definition) is 2. The maximum atomic E-state index is 11.6. The van der Waals surface area contributed by atoms with Crippen LogP contribution in [0.5, 0.6) is 0 Å². The molecule has 1 atom stereocenters. The van der Waals surface area contributed by atoms with E-state index < -0.39 is 0 Å². The van der Waals surface area contributed by atoms with Crippen molar-refractivity contribution in [3.8, 4) is 0 Å². The van der Waals surface area contributed by atoms with Gasteiger partial charge in [-0.25, -0.2) is 0 Å². The summed E-state index contributed by atoms with van der Waals surface area (Å²) in [5.41, 5.74) is 1.15. The Bertz CT molecular complexity index is 416. The summed E-state index contributed by atoms with van der Waals surface area (Å²) in [6.07, 6.45) is 10.3. The molecule has 2 N–H and O–H groups in total. The average molecular weight is 337 g/mol. The number of amides is 2. The fourth-order valence-electron chi connectivity index (χ4n) is 2.44. The lowest BCUT2D eigenvalue weighted by atomic mass is 10.0. The van der Waals surface area contributed by atoms with E-state index in [2.05, 4.69) is 30.7 Å². The molecule has 0 aromatic rings. The van der Waals surface area contributed by atoms with Gasteiger partial charge in [-0.2, -0.15) is 0 Å². The summed E-state index contributed by atoms with van der Waals surface area (Å²) in [6.45, 7) is 13.6. The molecule has 0 radical (unpaired) electrons. The number of carbonyl (C=O) groups is 2. The summed E-state index contributed by atoms with van der Waals surface area (Å²) >= 11 is 0. The first-order chi connectivity index (χ1) is 11.4. The minimum atomic E-state index is -0.0424. The van der Waals surface area contributed by atoms with Crippen LogP contribution in [-0.4, -0.2) is 24.4 Å². The molecule has 0 aliphatic heterocycles. The molecule has 0 saturated heterocycles. The average Bonchev–Trinajstić information content (AvgIpc) is 2.54. The standard InChI is InChI=1S/C20H36N2O2/c1-6-18(22-20(24)17(4)5)14-12-10-8-7-9-11-13-15-21-19(23)16(2)3/h18H,2,4,6-15H2,1,3,5H3,(H,21,23)(H,22,24). The van der Waals surface area contributed by atoms with Crippen LogP contribution < -0.4 is 10.6 Å². The largest absolute Gasteiger partial charge is 0.352 e. The molecule has 0 rings (SSSR count). The van der Waals surface area contributed by atoms with Crippen molar-refractivity contribution in [1.82, 2.24) is 10.6 Å². The second kappa shape index (κ2) is 13.8. The Labute approximate surface area is 148 Å². The fraction of sp³-hybridized carbons (Fsp3) is 0.700. The van der Waals surface area contributed by atoms with Crippen LogP contribution in [0.15, 0.2) is 24.3 Å². The van der Waals surface area contributed by atoms with Gasteiger partial charge in [0.2, 0.25) is 11.8 Å². The lowest BCUT2D eigenvalue weighted by Crippen LogP contribution is -2.34. The minimum absolute atomic E-state index is 0.0272. The third-order valence-corrected chi connectivity index (χ3v) is 4.12. The first kappa shape index (κ1) is 22.4.